The number of aromatic nitrogens is 2. The molecule has 1 aliphatic rings. The lowest BCUT2D eigenvalue weighted by molar-refractivity contribution is 0.288. The highest BCUT2D eigenvalue weighted by Crippen LogP contribution is 2.25. The number of hydrogen-bond acceptors (Lipinski definition) is 8. The van der Waals surface area contributed by atoms with Gasteiger partial charge >= 0.3 is 0 Å². The number of para-hydroxylation sites is 1. The summed E-state index contributed by atoms with van der Waals surface area (Å²) >= 11 is 0. The van der Waals surface area contributed by atoms with E-state index in [4.69, 9.17) is 0 Å². The molecule has 2 heterocycles. The van der Waals surface area contributed by atoms with Crippen LogP contribution in [0.1, 0.15) is 18.4 Å². The van der Waals surface area contributed by atoms with Crippen LogP contribution in [0.3, 0.4) is 0 Å². The van der Waals surface area contributed by atoms with Gasteiger partial charge in [-0.2, -0.15) is 9.29 Å². The maximum atomic E-state index is 13.3. The molecule has 4 aromatic rings. The Morgan fingerprint density at radius 3 is 2.27 bits per heavy atom. The summed E-state index contributed by atoms with van der Waals surface area (Å²) in [6, 6.07) is 22.8. The van der Waals surface area contributed by atoms with Gasteiger partial charge in [-0.1, -0.05) is 18.2 Å². The third kappa shape index (κ3) is 7.18. The number of benzene rings is 3. The molecule has 3 N–H and O–H groups in total. The van der Waals surface area contributed by atoms with Crippen LogP contribution in [0.5, 0.6) is 0 Å². The first-order chi connectivity index (χ1) is 19.8. The second kappa shape index (κ2) is 12.6. The topological polar surface area (TPSA) is 102 Å². The Hall–Kier alpha value is -4.06. The lowest BCUT2D eigenvalue weighted by atomic mass is 10.1. The molecule has 1 saturated heterocycles. The van der Waals surface area contributed by atoms with E-state index in [0.717, 1.165) is 19.4 Å². The summed E-state index contributed by atoms with van der Waals surface area (Å²) in [4.78, 5) is 11.0. The number of rotatable bonds is 10. The van der Waals surface area contributed by atoms with Crippen molar-refractivity contribution >= 4 is 38.9 Å². The molecule has 0 unspecified atom stereocenters. The number of nitrogens with one attached hydrogen (secondary N) is 3. The molecular formula is C30H34FN7O2S. The summed E-state index contributed by atoms with van der Waals surface area (Å²) < 4.78 is 41.4. The van der Waals surface area contributed by atoms with E-state index in [1.54, 1.807) is 53.0 Å². The largest absolute Gasteiger partial charge is 0.377 e. The quantitative estimate of drug-likeness (QED) is 0.240. The van der Waals surface area contributed by atoms with Crippen LogP contribution >= 0.6 is 0 Å². The Kier molecular flexibility index (Phi) is 8.77. The fourth-order valence-corrected chi connectivity index (χ4v) is 6.28. The van der Waals surface area contributed by atoms with Gasteiger partial charge in [-0.25, -0.2) is 17.8 Å². The Morgan fingerprint density at radius 1 is 0.902 bits per heavy atom. The summed E-state index contributed by atoms with van der Waals surface area (Å²) in [6.45, 7) is 1.68. The summed E-state index contributed by atoms with van der Waals surface area (Å²) in [7, 11) is 0.465. The van der Waals surface area contributed by atoms with Gasteiger partial charge < -0.3 is 20.9 Å². The average Bonchev–Trinajstić information content (AvgIpc) is 2.98. The van der Waals surface area contributed by atoms with Gasteiger partial charge in [0.1, 0.15) is 11.6 Å². The van der Waals surface area contributed by atoms with Crippen molar-refractivity contribution in [3.05, 3.63) is 96.4 Å². The first-order valence-corrected chi connectivity index (χ1v) is 14.9. The minimum atomic E-state index is -3.60. The zero-order chi connectivity index (χ0) is 28.8. The third-order valence-corrected chi connectivity index (χ3v) is 8.94. The van der Waals surface area contributed by atoms with Crippen molar-refractivity contribution in [3.63, 3.8) is 0 Å². The van der Waals surface area contributed by atoms with Crippen molar-refractivity contribution in [3.8, 4) is 0 Å². The second-order valence-electron chi connectivity index (χ2n) is 10.1. The van der Waals surface area contributed by atoms with Crippen LogP contribution in [-0.2, 0) is 16.6 Å². The van der Waals surface area contributed by atoms with Crippen LogP contribution in [-0.4, -0.2) is 55.9 Å². The fraction of sp³-hybridized carbons (Fsp3) is 0.267. The minimum Gasteiger partial charge on any atom is -0.377 e. The first-order valence-electron chi connectivity index (χ1n) is 13.5. The molecule has 5 rings (SSSR count). The molecule has 214 valence electrons. The van der Waals surface area contributed by atoms with E-state index in [1.807, 2.05) is 26.2 Å². The number of hydrogen-bond donors (Lipinski definition) is 3. The number of piperidine rings is 1. The van der Waals surface area contributed by atoms with Crippen molar-refractivity contribution in [1.29, 1.82) is 0 Å². The lowest BCUT2D eigenvalue weighted by Crippen LogP contribution is -2.44. The van der Waals surface area contributed by atoms with Gasteiger partial charge in [0, 0.05) is 63.0 Å². The molecular weight excluding hydrogens is 541 g/mol. The molecule has 0 radical (unpaired) electrons. The van der Waals surface area contributed by atoms with Gasteiger partial charge in [0.25, 0.3) is 0 Å². The maximum Gasteiger partial charge on any atom is 0.243 e. The van der Waals surface area contributed by atoms with Gasteiger partial charge in [0.2, 0.25) is 16.0 Å². The predicted molar refractivity (Wildman–Crippen MR) is 161 cm³/mol. The molecule has 41 heavy (non-hydrogen) atoms. The van der Waals surface area contributed by atoms with Gasteiger partial charge in [-0.3, -0.25) is 0 Å². The number of halogens is 1. The molecule has 0 bridgehead atoms. The third-order valence-electron chi connectivity index (χ3n) is 7.03. The standard InChI is InChI=1S/C30H34FN7O2S/c1-37(2)28-6-4-3-5-22(28)21-33-24-16-19-38(20-17-24)41(39,40)27-13-11-26(12-14-27)35-30-32-18-15-29(36-30)34-25-9-7-23(31)8-10-25/h3-15,18,24,33H,16-17,19-21H2,1-2H3,(H2,32,34,35,36). The van der Waals surface area contributed by atoms with Crippen molar-refractivity contribution in [2.75, 3.05) is 42.7 Å². The Morgan fingerprint density at radius 2 is 1.56 bits per heavy atom. The normalized spacial score (nSPS) is 14.5. The minimum absolute atomic E-state index is 0.252. The van der Waals surface area contributed by atoms with Crippen LogP contribution in [0.4, 0.5) is 33.2 Å². The first kappa shape index (κ1) is 28.5. The smallest absolute Gasteiger partial charge is 0.243 e. The summed E-state index contributed by atoms with van der Waals surface area (Å²) in [5.74, 6) is 0.564. The highest BCUT2D eigenvalue weighted by Gasteiger charge is 2.29. The van der Waals surface area contributed by atoms with E-state index in [9.17, 15) is 12.8 Å². The second-order valence-corrected chi connectivity index (χ2v) is 12.1. The van der Waals surface area contributed by atoms with Gasteiger partial charge in [0.05, 0.1) is 4.90 Å². The highest BCUT2D eigenvalue weighted by molar-refractivity contribution is 7.89. The molecule has 1 fully saturated rings. The van der Waals surface area contributed by atoms with Crippen molar-refractivity contribution in [2.45, 2.75) is 30.3 Å². The molecule has 0 saturated carbocycles. The van der Waals surface area contributed by atoms with Gasteiger partial charge in [0.15, 0.2) is 0 Å². The van der Waals surface area contributed by atoms with Crippen molar-refractivity contribution in [1.82, 2.24) is 19.6 Å². The summed E-state index contributed by atoms with van der Waals surface area (Å²) in [5, 5.41) is 9.81. The van der Waals surface area contributed by atoms with E-state index in [0.29, 0.717) is 36.2 Å². The Labute approximate surface area is 240 Å². The van der Waals surface area contributed by atoms with Crippen molar-refractivity contribution < 1.29 is 12.8 Å². The van der Waals surface area contributed by atoms with Crippen LogP contribution < -0.4 is 20.9 Å². The SMILES string of the molecule is CN(C)c1ccccc1CNC1CCN(S(=O)(=O)c2ccc(Nc3nccc(Nc4ccc(F)cc4)n3)cc2)CC1. The van der Waals surface area contributed by atoms with Crippen LogP contribution in [0.15, 0.2) is 90.0 Å². The molecule has 0 atom stereocenters. The Balaban J connectivity index is 1.15. The zero-order valence-electron chi connectivity index (χ0n) is 23.1. The van der Waals surface area contributed by atoms with Crippen LogP contribution in [0.2, 0.25) is 0 Å². The fourth-order valence-electron chi connectivity index (χ4n) is 4.81. The van der Waals surface area contributed by atoms with E-state index < -0.39 is 10.0 Å². The predicted octanol–water partition coefficient (Wildman–Crippen LogP) is 5.11. The number of anilines is 5. The number of nitrogens with zero attached hydrogens (tertiary/aromatic N) is 4. The van der Waals surface area contributed by atoms with Crippen molar-refractivity contribution in [2.24, 2.45) is 0 Å². The average molecular weight is 576 g/mol. The number of sulfonamides is 1. The summed E-state index contributed by atoms with van der Waals surface area (Å²) in [6.07, 6.45) is 3.10. The van der Waals surface area contributed by atoms with E-state index in [1.165, 1.54) is 23.4 Å². The molecule has 11 heteroatoms. The molecule has 0 aliphatic carbocycles. The van der Waals surface area contributed by atoms with E-state index >= 15 is 0 Å². The van der Waals surface area contributed by atoms with Crippen LogP contribution in [0, 0.1) is 5.82 Å². The van der Waals surface area contributed by atoms with E-state index in [2.05, 4.69) is 43.0 Å². The van der Waals surface area contributed by atoms with Crippen LogP contribution in [0.25, 0.3) is 0 Å². The molecule has 1 aromatic heterocycles. The van der Waals surface area contributed by atoms with Gasteiger partial charge in [-0.05, 0) is 79.1 Å². The highest BCUT2D eigenvalue weighted by atomic mass is 32.2. The Bertz CT molecular complexity index is 1560. The van der Waals surface area contributed by atoms with Gasteiger partial charge in [-0.15, -0.1) is 0 Å². The molecule has 9 nitrogen and oxygen atoms in total. The summed E-state index contributed by atoms with van der Waals surface area (Å²) in [5.41, 5.74) is 3.75. The molecule has 0 amide bonds. The zero-order valence-corrected chi connectivity index (χ0v) is 23.9. The molecule has 1 aliphatic heterocycles. The molecule has 0 spiro atoms. The monoisotopic (exact) mass is 575 g/mol. The van der Waals surface area contributed by atoms with E-state index in [-0.39, 0.29) is 16.8 Å². The lowest BCUT2D eigenvalue weighted by Gasteiger charge is -2.32. The maximum absolute atomic E-state index is 13.3. The molecule has 3 aromatic carbocycles.